The van der Waals surface area contributed by atoms with E-state index in [2.05, 4.69) is 30.7 Å². The largest absolute Gasteiger partial charge is 0.356 e. The molecule has 0 spiro atoms. The Bertz CT molecular complexity index is 755. The SMILES string of the molecule is CN=C(NCCCN1CCCCCC1)NCc1nc(-c2cccc(Cl)c2)no1. The van der Waals surface area contributed by atoms with Crippen LogP contribution in [0.2, 0.25) is 5.02 Å². The molecule has 0 unspecified atom stereocenters. The highest BCUT2D eigenvalue weighted by Crippen LogP contribution is 2.19. The number of likely N-dealkylation sites (tertiary alicyclic amines) is 1. The van der Waals surface area contributed by atoms with Crippen molar-refractivity contribution in [3.05, 3.63) is 35.2 Å². The van der Waals surface area contributed by atoms with Gasteiger partial charge in [-0.25, -0.2) is 0 Å². The fourth-order valence-electron chi connectivity index (χ4n) is 3.32. The molecule has 8 heteroatoms. The van der Waals surface area contributed by atoms with Gasteiger partial charge in [-0.1, -0.05) is 41.7 Å². The highest BCUT2D eigenvalue weighted by Gasteiger charge is 2.10. The van der Waals surface area contributed by atoms with E-state index in [0.29, 0.717) is 23.3 Å². The Morgan fingerprint density at radius 1 is 1.21 bits per heavy atom. The average molecular weight is 405 g/mol. The van der Waals surface area contributed by atoms with Gasteiger partial charge in [0.25, 0.3) is 0 Å². The summed E-state index contributed by atoms with van der Waals surface area (Å²) >= 11 is 6.02. The number of nitrogens with one attached hydrogen (secondary N) is 2. The van der Waals surface area contributed by atoms with Crippen molar-refractivity contribution >= 4 is 17.6 Å². The lowest BCUT2D eigenvalue weighted by Crippen LogP contribution is -2.38. The molecule has 1 fully saturated rings. The number of hydrogen-bond acceptors (Lipinski definition) is 5. The number of halogens is 1. The summed E-state index contributed by atoms with van der Waals surface area (Å²) < 4.78 is 5.31. The third-order valence-electron chi connectivity index (χ3n) is 4.82. The zero-order valence-corrected chi connectivity index (χ0v) is 17.2. The van der Waals surface area contributed by atoms with Crippen molar-refractivity contribution in [1.82, 2.24) is 25.7 Å². The van der Waals surface area contributed by atoms with Gasteiger partial charge in [0, 0.05) is 24.2 Å². The Labute approximate surface area is 171 Å². The Kier molecular flexibility index (Phi) is 8.11. The molecule has 0 amide bonds. The molecule has 7 nitrogen and oxygen atoms in total. The third kappa shape index (κ3) is 6.49. The van der Waals surface area contributed by atoms with Crippen molar-refractivity contribution in [1.29, 1.82) is 0 Å². The lowest BCUT2D eigenvalue weighted by molar-refractivity contribution is 0.282. The summed E-state index contributed by atoms with van der Waals surface area (Å²) in [7, 11) is 1.76. The van der Waals surface area contributed by atoms with E-state index in [4.69, 9.17) is 16.1 Å². The van der Waals surface area contributed by atoms with Gasteiger partial charge < -0.3 is 20.1 Å². The summed E-state index contributed by atoms with van der Waals surface area (Å²) in [5, 5.41) is 11.2. The van der Waals surface area contributed by atoms with Crippen LogP contribution in [0.1, 0.15) is 38.0 Å². The van der Waals surface area contributed by atoms with Gasteiger partial charge in [-0.2, -0.15) is 4.98 Å². The van der Waals surface area contributed by atoms with Gasteiger partial charge in [-0.05, 0) is 51.0 Å². The first-order valence-corrected chi connectivity index (χ1v) is 10.4. The molecule has 3 rings (SSSR count). The van der Waals surface area contributed by atoms with Gasteiger partial charge in [-0.15, -0.1) is 0 Å². The predicted octanol–water partition coefficient (Wildman–Crippen LogP) is 3.32. The zero-order chi connectivity index (χ0) is 19.6. The monoisotopic (exact) mass is 404 g/mol. The van der Waals surface area contributed by atoms with E-state index in [9.17, 15) is 0 Å². The Morgan fingerprint density at radius 3 is 2.79 bits per heavy atom. The summed E-state index contributed by atoms with van der Waals surface area (Å²) in [6.07, 6.45) is 6.51. The van der Waals surface area contributed by atoms with Crippen LogP contribution >= 0.6 is 11.6 Å². The van der Waals surface area contributed by atoms with Crippen LogP contribution in [0.3, 0.4) is 0 Å². The molecular formula is C20H29ClN6O. The maximum Gasteiger partial charge on any atom is 0.246 e. The summed E-state index contributed by atoms with van der Waals surface area (Å²) in [6, 6.07) is 7.40. The van der Waals surface area contributed by atoms with Gasteiger partial charge in [0.2, 0.25) is 11.7 Å². The molecule has 2 heterocycles. The van der Waals surface area contributed by atoms with Crippen molar-refractivity contribution in [2.24, 2.45) is 4.99 Å². The average Bonchev–Trinajstić information content (AvgIpc) is 3.03. The second-order valence-corrected chi connectivity index (χ2v) is 7.42. The molecule has 152 valence electrons. The van der Waals surface area contributed by atoms with Crippen LogP contribution in [0.4, 0.5) is 0 Å². The molecule has 0 saturated carbocycles. The van der Waals surface area contributed by atoms with Crippen LogP contribution in [-0.2, 0) is 6.54 Å². The molecule has 2 N–H and O–H groups in total. The van der Waals surface area contributed by atoms with Crippen LogP contribution < -0.4 is 10.6 Å². The Hall–Kier alpha value is -2.12. The van der Waals surface area contributed by atoms with Crippen LogP contribution in [0, 0.1) is 0 Å². The predicted molar refractivity (Wildman–Crippen MR) is 112 cm³/mol. The van der Waals surface area contributed by atoms with E-state index in [1.807, 2.05) is 24.3 Å². The number of hydrogen-bond donors (Lipinski definition) is 2. The van der Waals surface area contributed by atoms with Crippen molar-refractivity contribution in [2.45, 2.75) is 38.6 Å². The molecule has 1 aromatic carbocycles. The normalized spacial score (nSPS) is 16.0. The van der Waals surface area contributed by atoms with E-state index in [-0.39, 0.29) is 0 Å². The molecule has 1 saturated heterocycles. The molecule has 1 aliphatic rings. The zero-order valence-electron chi connectivity index (χ0n) is 16.5. The van der Waals surface area contributed by atoms with Crippen LogP contribution in [0.25, 0.3) is 11.4 Å². The van der Waals surface area contributed by atoms with Crippen molar-refractivity contribution in [2.75, 3.05) is 33.2 Å². The molecule has 1 aliphatic heterocycles. The first-order chi connectivity index (χ1) is 13.7. The number of benzene rings is 1. The Balaban J connectivity index is 1.39. The molecule has 2 aromatic rings. The minimum Gasteiger partial charge on any atom is -0.356 e. The lowest BCUT2D eigenvalue weighted by atomic mass is 10.2. The molecule has 0 bridgehead atoms. The van der Waals surface area contributed by atoms with Crippen molar-refractivity contribution < 1.29 is 4.52 Å². The van der Waals surface area contributed by atoms with Gasteiger partial charge in [0.1, 0.15) is 0 Å². The summed E-state index contributed by atoms with van der Waals surface area (Å²) in [5.74, 6) is 1.76. The van der Waals surface area contributed by atoms with E-state index in [1.165, 1.54) is 38.8 Å². The minimum absolute atomic E-state index is 0.416. The quantitative estimate of drug-likeness (QED) is 0.418. The molecule has 28 heavy (non-hydrogen) atoms. The van der Waals surface area contributed by atoms with Crippen LogP contribution in [0.15, 0.2) is 33.8 Å². The van der Waals surface area contributed by atoms with Gasteiger partial charge in [0.15, 0.2) is 5.96 Å². The molecule has 0 atom stereocenters. The fraction of sp³-hybridized carbons (Fsp3) is 0.550. The van der Waals surface area contributed by atoms with Gasteiger partial charge in [0.05, 0.1) is 6.54 Å². The highest BCUT2D eigenvalue weighted by atomic mass is 35.5. The van der Waals surface area contributed by atoms with Crippen LogP contribution in [0.5, 0.6) is 0 Å². The standard InChI is InChI=1S/C20H29ClN6O/c1-22-20(23-10-7-13-27-11-4-2-3-5-12-27)24-15-18-25-19(26-28-18)16-8-6-9-17(21)14-16/h6,8-9,14H,2-5,7,10-13,15H2,1H3,(H2,22,23,24). The molecule has 0 radical (unpaired) electrons. The first-order valence-electron chi connectivity index (χ1n) is 10.00. The van der Waals surface area contributed by atoms with Crippen molar-refractivity contribution in [3.63, 3.8) is 0 Å². The highest BCUT2D eigenvalue weighted by molar-refractivity contribution is 6.30. The first kappa shape index (κ1) is 20.6. The summed E-state index contributed by atoms with van der Waals surface area (Å²) in [6.45, 7) is 4.90. The topological polar surface area (TPSA) is 78.6 Å². The van der Waals surface area contributed by atoms with Crippen LogP contribution in [-0.4, -0.2) is 54.2 Å². The van der Waals surface area contributed by atoms with E-state index in [0.717, 1.165) is 31.0 Å². The summed E-state index contributed by atoms with van der Waals surface area (Å²) in [5.41, 5.74) is 0.832. The second-order valence-electron chi connectivity index (χ2n) is 6.98. The van der Waals surface area contributed by atoms with Crippen molar-refractivity contribution in [3.8, 4) is 11.4 Å². The maximum atomic E-state index is 6.02. The number of rotatable bonds is 7. The van der Waals surface area contributed by atoms with Gasteiger partial charge in [-0.3, -0.25) is 4.99 Å². The van der Waals surface area contributed by atoms with Gasteiger partial charge >= 0.3 is 0 Å². The maximum absolute atomic E-state index is 6.02. The molecule has 1 aromatic heterocycles. The number of aromatic nitrogens is 2. The minimum atomic E-state index is 0.416. The molecular weight excluding hydrogens is 376 g/mol. The Morgan fingerprint density at radius 2 is 2.04 bits per heavy atom. The van der Waals surface area contributed by atoms with E-state index < -0.39 is 0 Å². The number of nitrogens with zero attached hydrogens (tertiary/aromatic N) is 4. The van der Waals surface area contributed by atoms with E-state index >= 15 is 0 Å². The second kappa shape index (κ2) is 11.0. The number of guanidine groups is 1. The third-order valence-corrected chi connectivity index (χ3v) is 5.06. The smallest absolute Gasteiger partial charge is 0.246 e. The lowest BCUT2D eigenvalue weighted by Gasteiger charge is -2.19. The fourth-order valence-corrected chi connectivity index (χ4v) is 3.51. The summed E-state index contributed by atoms with van der Waals surface area (Å²) in [4.78, 5) is 11.2. The molecule has 0 aliphatic carbocycles. The van der Waals surface area contributed by atoms with E-state index in [1.54, 1.807) is 7.05 Å². The number of aliphatic imine (C=N–C) groups is 1.